The summed E-state index contributed by atoms with van der Waals surface area (Å²) in [6.07, 6.45) is -3.90. The molecular weight excluding hydrogens is 315 g/mol. The molecule has 1 saturated heterocycles. The van der Waals surface area contributed by atoms with Gasteiger partial charge in [-0.15, -0.1) is 0 Å². The second kappa shape index (κ2) is 6.38. The van der Waals surface area contributed by atoms with E-state index in [-0.39, 0.29) is 11.7 Å². The number of amides is 1. The summed E-state index contributed by atoms with van der Waals surface area (Å²) < 4.78 is 48.6. The number of nitrogens with one attached hydrogen (secondary N) is 2. The number of aromatic nitrogens is 2. The van der Waals surface area contributed by atoms with Crippen molar-refractivity contribution in [2.24, 2.45) is 5.92 Å². The summed E-state index contributed by atoms with van der Waals surface area (Å²) in [6, 6.07) is -0.733. The van der Waals surface area contributed by atoms with Gasteiger partial charge in [-0.2, -0.15) is 13.2 Å². The van der Waals surface area contributed by atoms with Gasteiger partial charge in [-0.3, -0.25) is 0 Å². The lowest BCUT2D eigenvalue weighted by Crippen LogP contribution is -2.38. The lowest BCUT2D eigenvalue weighted by atomic mass is 9.98. The quantitative estimate of drug-likeness (QED) is 0.890. The third-order valence-electron chi connectivity index (χ3n) is 3.30. The van der Waals surface area contributed by atoms with Crippen LogP contribution in [0.3, 0.4) is 0 Å². The number of halogens is 3. The van der Waals surface area contributed by atoms with Gasteiger partial charge in [0.15, 0.2) is 0 Å². The first-order valence-corrected chi connectivity index (χ1v) is 7.25. The maximum Gasteiger partial charge on any atom is 0.432 e. The standard InChI is InChI=1S/C14H20F3N3O3/c1-13(2,3)23-12(21)20-10(8-4-5-22-7-8)11-18-6-9(19-11)14(15,16)17/h6,8,10H,4-5,7H2,1-3H3,(H,18,19)(H,20,21). The summed E-state index contributed by atoms with van der Waals surface area (Å²) >= 11 is 0. The third kappa shape index (κ3) is 4.85. The van der Waals surface area contributed by atoms with E-state index >= 15 is 0 Å². The molecule has 130 valence electrons. The number of alkyl halides is 3. The second-order valence-electron chi connectivity index (χ2n) is 6.43. The van der Waals surface area contributed by atoms with E-state index < -0.39 is 29.6 Å². The molecule has 0 radical (unpaired) electrons. The number of nitrogens with zero attached hydrogens (tertiary/aromatic N) is 1. The number of aromatic amines is 1. The van der Waals surface area contributed by atoms with E-state index in [0.29, 0.717) is 19.6 Å². The molecule has 1 aromatic heterocycles. The highest BCUT2D eigenvalue weighted by Gasteiger charge is 2.36. The SMILES string of the molecule is CC(C)(C)OC(=O)NC(c1ncc(C(F)(F)F)[nH]1)C1CCOC1. The van der Waals surface area contributed by atoms with Gasteiger partial charge in [0, 0.05) is 12.5 Å². The van der Waals surface area contributed by atoms with Gasteiger partial charge < -0.3 is 19.8 Å². The van der Waals surface area contributed by atoms with E-state index in [2.05, 4.69) is 15.3 Å². The number of alkyl carbamates (subject to hydrolysis) is 1. The van der Waals surface area contributed by atoms with Crippen molar-refractivity contribution in [2.75, 3.05) is 13.2 Å². The van der Waals surface area contributed by atoms with E-state index in [9.17, 15) is 18.0 Å². The van der Waals surface area contributed by atoms with E-state index in [1.165, 1.54) is 0 Å². The first-order valence-electron chi connectivity index (χ1n) is 7.25. The van der Waals surface area contributed by atoms with Gasteiger partial charge >= 0.3 is 12.3 Å². The van der Waals surface area contributed by atoms with Gasteiger partial charge in [-0.1, -0.05) is 0 Å². The Morgan fingerprint density at radius 3 is 2.65 bits per heavy atom. The minimum absolute atomic E-state index is 0.0404. The van der Waals surface area contributed by atoms with Crippen LogP contribution in [0, 0.1) is 5.92 Å². The molecule has 2 heterocycles. The molecule has 0 aliphatic carbocycles. The molecule has 2 atom stereocenters. The minimum atomic E-state index is -4.52. The van der Waals surface area contributed by atoms with Crippen LogP contribution in [0.1, 0.15) is 44.8 Å². The van der Waals surface area contributed by atoms with Crippen LogP contribution in [0.25, 0.3) is 0 Å². The van der Waals surface area contributed by atoms with Crippen LogP contribution < -0.4 is 5.32 Å². The lowest BCUT2D eigenvalue weighted by molar-refractivity contribution is -0.141. The van der Waals surface area contributed by atoms with E-state index in [0.717, 1.165) is 6.20 Å². The molecule has 2 unspecified atom stereocenters. The molecule has 1 aromatic rings. The molecule has 2 rings (SSSR count). The fourth-order valence-corrected chi connectivity index (χ4v) is 2.30. The molecule has 1 fully saturated rings. The Kier molecular flexibility index (Phi) is 4.88. The van der Waals surface area contributed by atoms with Gasteiger partial charge in [0.25, 0.3) is 0 Å². The fraction of sp³-hybridized carbons (Fsp3) is 0.714. The second-order valence-corrected chi connectivity index (χ2v) is 6.43. The Morgan fingerprint density at radius 2 is 2.17 bits per heavy atom. The Hall–Kier alpha value is -1.77. The summed E-state index contributed by atoms with van der Waals surface area (Å²) in [6.45, 7) is 5.94. The minimum Gasteiger partial charge on any atom is -0.444 e. The van der Waals surface area contributed by atoms with Crippen LogP contribution in [0.15, 0.2) is 6.20 Å². The van der Waals surface area contributed by atoms with Gasteiger partial charge in [-0.25, -0.2) is 9.78 Å². The van der Waals surface area contributed by atoms with Crippen LogP contribution in [0.4, 0.5) is 18.0 Å². The molecule has 0 saturated carbocycles. The largest absolute Gasteiger partial charge is 0.444 e. The number of carbonyl (C=O) groups is 1. The van der Waals surface area contributed by atoms with Crippen molar-refractivity contribution in [2.45, 2.75) is 45.0 Å². The van der Waals surface area contributed by atoms with E-state index in [1.54, 1.807) is 20.8 Å². The Balaban J connectivity index is 2.17. The van der Waals surface area contributed by atoms with E-state index in [4.69, 9.17) is 9.47 Å². The van der Waals surface area contributed by atoms with Crippen molar-refractivity contribution in [1.82, 2.24) is 15.3 Å². The highest BCUT2D eigenvalue weighted by molar-refractivity contribution is 5.68. The molecule has 2 N–H and O–H groups in total. The van der Waals surface area contributed by atoms with Gasteiger partial charge in [-0.05, 0) is 27.2 Å². The van der Waals surface area contributed by atoms with Crippen molar-refractivity contribution in [1.29, 1.82) is 0 Å². The van der Waals surface area contributed by atoms with Crippen molar-refractivity contribution < 1.29 is 27.4 Å². The Bertz CT molecular complexity index is 545. The van der Waals surface area contributed by atoms with Gasteiger partial charge in [0.1, 0.15) is 17.1 Å². The zero-order valence-electron chi connectivity index (χ0n) is 13.2. The van der Waals surface area contributed by atoms with Gasteiger partial charge in [0.05, 0.1) is 18.8 Å². The molecule has 0 bridgehead atoms. The zero-order chi connectivity index (χ0) is 17.3. The summed E-state index contributed by atoms with van der Waals surface area (Å²) in [4.78, 5) is 18.0. The summed E-state index contributed by atoms with van der Waals surface area (Å²) in [7, 11) is 0. The average Bonchev–Trinajstić information content (AvgIpc) is 3.05. The van der Waals surface area contributed by atoms with E-state index in [1.807, 2.05) is 0 Å². The number of rotatable bonds is 3. The Labute approximate surface area is 131 Å². The topological polar surface area (TPSA) is 76.2 Å². The summed E-state index contributed by atoms with van der Waals surface area (Å²) in [5.41, 5.74) is -1.66. The van der Waals surface area contributed by atoms with Crippen LogP contribution in [0.2, 0.25) is 0 Å². The third-order valence-corrected chi connectivity index (χ3v) is 3.30. The first-order chi connectivity index (χ1) is 10.6. The highest BCUT2D eigenvalue weighted by atomic mass is 19.4. The molecule has 9 heteroatoms. The highest BCUT2D eigenvalue weighted by Crippen LogP contribution is 2.32. The molecule has 6 nitrogen and oxygen atoms in total. The molecular formula is C14H20F3N3O3. The summed E-state index contributed by atoms with van der Waals surface area (Å²) in [5, 5.41) is 2.59. The number of imidazole rings is 1. The van der Waals surface area contributed by atoms with Crippen LogP contribution in [-0.4, -0.2) is 34.9 Å². The number of hydrogen-bond acceptors (Lipinski definition) is 4. The average molecular weight is 335 g/mol. The molecule has 0 aromatic carbocycles. The first kappa shape index (κ1) is 17.6. The maximum absolute atomic E-state index is 12.7. The van der Waals surface area contributed by atoms with Gasteiger partial charge in [0.2, 0.25) is 0 Å². The van der Waals surface area contributed by atoms with Crippen LogP contribution >= 0.6 is 0 Å². The number of H-pyrrole nitrogens is 1. The van der Waals surface area contributed by atoms with Crippen molar-refractivity contribution in [3.63, 3.8) is 0 Å². The normalized spacial score (nSPS) is 20.3. The molecule has 1 aliphatic rings. The number of carbonyl (C=O) groups excluding carboxylic acids is 1. The Morgan fingerprint density at radius 1 is 1.48 bits per heavy atom. The number of ether oxygens (including phenoxy) is 2. The molecule has 1 amide bonds. The smallest absolute Gasteiger partial charge is 0.432 e. The van der Waals surface area contributed by atoms with Crippen molar-refractivity contribution >= 4 is 6.09 Å². The molecule has 0 spiro atoms. The predicted octanol–water partition coefficient (Wildman–Crippen LogP) is 3.03. The molecule has 23 heavy (non-hydrogen) atoms. The summed E-state index contributed by atoms with van der Waals surface area (Å²) in [5.74, 6) is -0.131. The van der Waals surface area contributed by atoms with Crippen LogP contribution in [-0.2, 0) is 15.7 Å². The van der Waals surface area contributed by atoms with Crippen molar-refractivity contribution in [3.05, 3.63) is 17.7 Å². The monoisotopic (exact) mass is 335 g/mol. The predicted molar refractivity (Wildman–Crippen MR) is 74.6 cm³/mol. The lowest BCUT2D eigenvalue weighted by Gasteiger charge is -2.25. The fourth-order valence-electron chi connectivity index (χ4n) is 2.30. The number of hydrogen-bond donors (Lipinski definition) is 2. The maximum atomic E-state index is 12.7. The van der Waals surface area contributed by atoms with Crippen molar-refractivity contribution in [3.8, 4) is 0 Å². The zero-order valence-corrected chi connectivity index (χ0v) is 13.2. The van der Waals surface area contributed by atoms with Crippen LogP contribution in [0.5, 0.6) is 0 Å². The molecule has 1 aliphatic heterocycles.